The Hall–Kier alpha value is -9.95. The van der Waals surface area contributed by atoms with Crippen LogP contribution in [-0.2, 0) is 76.8 Å². The van der Waals surface area contributed by atoms with Crippen molar-refractivity contribution in [2.75, 3.05) is 96.9 Å². The number of nitrogens with one attached hydrogen (secondary N) is 7. The van der Waals surface area contributed by atoms with Gasteiger partial charge in [0.1, 0.15) is 81.6 Å². The summed E-state index contributed by atoms with van der Waals surface area (Å²) in [6.07, 6.45) is 9.87. The minimum atomic E-state index is -1.53. The summed E-state index contributed by atoms with van der Waals surface area (Å²) in [7, 11) is 0. The Kier molecular flexibility index (Phi) is 32.7. The molecule has 10 atom stereocenters. The van der Waals surface area contributed by atoms with E-state index in [0.29, 0.717) is 81.9 Å². The largest absolute Gasteiger partial charge is 0.483 e. The molecule has 592 valence electrons. The van der Waals surface area contributed by atoms with Gasteiger partial charge in [0.05, 0.1) is 0 Å². The number of urea groups is 2. The lowest BCUT2D eigenvalue weighted by molar-refractivity contribution is -1.36. The topological polar surface area (TPSA) is 564 Å². The number of carboxylic acids is 10. The number of nitrogens with zero attached hydrogens (tertiary/aromatic N) is 7. The molecule has 3 unspecified atom stereocenters. The minimum Gasteiger partial charge on any atom is -0.481 e. The second-order valence-electron chi connectivity index (χ2n) is 28.6. The van der Waals surface area contributed by atoms with E-state index in [1.165, 1.54) is 0 Å². The van der Waals surface area contributed by atoms with Gasteiger partial charge in [-0.25, -0.2) is 52.9 Å². The minimum absolute atomic E-state index is 0.00873. The van der Waals surface area contributed by atoms with Crippen molar-refractivity contribution in [3.63, 3.8) is 0 Å². The van der Waals surface area contributed by atoms with Crippen molar-refractivity contribution < 1.29 is 136 Å². The molecule has 1 spiro atoms. The Morgan fingerprint density at radius 1 is 0.393 bits per heavy atom. The molecule has 6 amide bonds. The maximum Gasteiger partial charge on any atom is 0.483 e. The molecule has 0 radical (unpaired) electrons. The first-order valence-electron chi connectivity index (χ1n) is 36.7. The number of benzene rings is 1. The van der Waals surface area contributed by atoms with Gasteiger partial charge in [-0.3, -0.25) is 19.2 Å². The van der Waals surface area contributed by atoms with Crippen LogP contribution in [0.25, 0.3) is 0 Å². The Labute approximate surface area is 617 Å². The van der Waals surface area contributed by atoms with Crippen molar-refractivity contribution >= 4 is 89.5 Å². The van der Waals surface area contributed by atoms with Crippen LogP contribution in [0.1, 0.15) is 170 Å². The van der Waals surface area contributed by atoms with Crippen LogP contribution in [0.2, 0.25) is 0 Å². The van der Waals surface area contributed by atoms with Crippen LogP contribution in [0.3, 0.4) is 0 Å². The average Bonchev–Trinajstić information content (AvgIpc) is 1.44. The second kappa shape index (κ2) is 40.7. The van der Waals surface area contributed by atoms with Crippen LogP contribution < -0.4 is 37.2 Å². The number of unbranched alkanes of at least 4 members (excludes halogenated alkanes) is 11. The van der Waals surface area contributed by atoms with Gasteiger partial charge >= 0.3 is 77.7 Å². The predicted molar refractivity (Wildman–Crippen MR) is 373 cm³/mol. The van der Waals surface area contributed by atoms with Crippen LogP contribution in [0, 0.1) is 0 Å². The molecule has 17 N–H and O–H groups in total. The van der Waals surface area contributed by atoms with E-state index in [2.05, 4.69) is 37.2 Å². The molecule has 38 nitrogen and oxygen atoms in total. The SMILES string of the molecule is O=C(O)CC[C@H](NC(=O)N[C@@H](CCCCNC(=O)CCCCCCCCc1nc(Cc2ccc(CC3C[N@@+]4(CC(=O)O)CC[N+]5(CC(=O)O)CC[N@@+]6(CC(=O)O)CC[N@+]3(CC(=O)O)C564)cc2)nc(NCCCCCCCC(=O)NCCCC[C@H](NC(=O)N[C@@H](CCC(=O)O)C(=O)O)C(=O)O)n1)C(=O)O)C(=O)O. The maximum absolute atomic E-state index is 13.2. The zero-order valence-electron chi connectivity index (χ0n) is 60.3. The fraction of sp³-hybridized carbons (Fsp3) is 0.667. The smallest absolute Gasteiger partial charge is 0.481 e. The lowest BCUT2D eigenvalue weighted by Crippen LogP contribution is -2.86. The summed E-state index contributed by atoms with van der Waals surface area (Å²) < 4.78 is -0.459. The normalized spacial score (nSPS) is 22.0. The molecular weight excluding hydrogens is 1410 g/mol. The number of aromatic nitrogens is 3. The van der Waals surface area contributed by atoms with Gasteiger partial charge < -0.3 is 88.3 Å². The van der Waals surface area contributed by atoms with Gasteiger partial charge in [-0.1, -0.05) is 69.2 Å². The molecule has 4 aliphatic heterocycles. The van der Waals surface area contributed by atoms with Crippen LogP contribution in [-0.4, -0.2) is 295 Å². The van der Waals surface area contributed by atoms with Gasteiger partial charge in [0, 0.05) is 64.6 Å². The van der Waals surface area contributed by atoms with Gasteiger partial charge in [-0.2, -0.15) is 9.97 Å². The summed E-state index contributed by atoms with van der Waals surface area (Å²) in [5, 5.41) is 115. The molecule has 4 saturated heterocycles. The Balaban J connectivity index is 1.01. The monoisotopic (exact) mass is 1510 g/mol. The van der Waals surface area contributed by atoms with Crippen molar-refractivity contribution in [2.45, 2.75) is 203 Å². The highest BCUT2D eigenvalue weighted by molar-refractivity contribution is 5.87. The zero-order chi connectivity index (χ0) is 78.5. The number of hydrogen-bond acceptors (Lipinski definition) is 18. The number of carboxylic acid groups (broad SMARTS) is 10. The van der Waals surface area contributed by atoms with Gasteiger partial charge in [-0.05, 0) is 88.2 Å². The van der Waals surface area contributed by atoms with E-state index in [1.807, 2.05) is 24.3 Å². The molecule has 38 heteroatoms. The highest BCUT2D eigenvalue weighted by atomic mass is 16.4. The number of rotatable bonds is 54. The number of aryl methyl sites for hydroxylation is 1. The van der Waals surface area contributed by atoms with Crippen molar-refractivity contribution in [3.8, 4) is 0 Å². The highest BCUT2D eigenvalue weighted by Crippen LogP contribution is 2.64. The molecule has 0 saturated carbocycles. The molecule has 1 aromatic heterocycles. The number of hydrogen-bond donors (Lipinski definition) is 17. The van der Waals surface area contributed by atoms with E-state index in [4.69, 9.17) is 25.2 Å². The zero-order valence-corrected chi connectivity index (χ0v) is 60.3. The third-order valence-electron chi connectivity index (χ3n) is 21.0. The van der Waals surface area contributed by atoms with Crippen LogP contribution in [0.4, 0.5) is 15.5 Å². The maximum atomic E-state index is 13.2. The lowest BCUT2D eigenvalue weighted by Gasteiger charge is -2.50. The Morgan fingerprint density at radius 2 is 0.776 bits per heavy atom. The predicted octanol–water partition coefficient (Wildman–Crippen LogP) is 1.38. The van der Waals surface area contributed by atoms with E-state index >= 15 is 0 Å². The fourth-order valence-corrected chi connectivity index (χ4v) is 16.7. The van der Waals surface area contributed by atoms with Crippen molar-refractivity contribution in [1.82, 2.24) is 46.9 Å². The number of aliphatic carboxylic acids is 10. The third-order valence-corrected chi connectivity index (χ3v) is 21.0. The van der Waals surface area contributed by atoms with Gasteiger partial charge in [0.25, 0.3) is 0 Å². The van der Waals surface area contributed by atoms with E-state index in [9.17, 15) is 108 Å². The summed E-state index contributed by atoms with van der Waals surface area (Å²) >= 11 is 0. The Morgan fingerprint density at radius 3 is 1.22 bits per heavy atom. The quantitative estimate of drug-likeness (QED) is 0.0329. The molecule has 1 aromatic carbocycles. The summed E-state index contributed by atoms with van der Waals surface area (Å²) in [6, 6.07) is -0.700. The highest BCUT2D eigenvalue weighted by Gasteiger charge is 3.01. The molecular formula is C69H106N14O24+4. The first kappa shape index (κ1) is 86.0. The molecule has 0 bridgehead atoms. The lowest BCUT2D eigenvalue weighted by atomic mass is 10.0. The van der Waals surface area contributed by atoms with Gasteiger partial charge in [-0.15, -0.1) is 17.9 Å². The third kappa shape index (κ3) is 24.0. The first-order valence-corrected chi connectivity index (χ1v) is 36.7. The summed E-state index contributed by atoms with van der Waals surface area (Å²) in [4.78, 5) is 184. The van der Waals surface area contributed by atoms with Crippen molar-refractivity contribution in [3.05, 3.63) is 47.0 Å². The van der Waals surface area contributed by atoms with Gasteiger partial charge in [0.2, 0.25) is 17.8 Å². The van der Waals surface area contributed by atoms with Crippen molar-refractivity contribution in [1.29, 1.82) is 0 Å². The molecule has 6 rings (SSSR count). The molecule has 5 heterocycles. The molecule has 2 aromatic rings. The number of quaternary nitrogens is 4. The van der Waals surface area contributed by atoms with E-state index in [1.54, 1.807) is 0 Å². The van der Waals surface area contributed by atoms with E-state index in [-0.39, 0.29) is 114 Å². The number of carbonyl (C=O) groups is 14. The Bertz CT molecular complexity index is 3340. The number of carbonyl (C=O) groups excluding carboxylic acids is 4. The van der Waals surface area contributed by atoms with E-state index < -0.39 is 160 Å². The molecule has 4 fully saturated rings. The van der Waals surface area contributed by atoms with Crippen LogP contribution in [0.15, 0.2) is 24.3 Å². The molecule has 107 heavy (non-hydrogen) atoms. The van der Waals surface area contributed by atoms with Crippen LogP contribution in [0.5, 0.6) is 0 Å². The summed E-state index contributed by atoms with van der Waals surface area (Å²) in [5.41, 5.74) is 1.68. The number of anilines is 1. The van der Waals surface area contributed by atoms with Crippen LogP contribution >= 0.6 is 0 Å². The summed E-state index contributed by atoms with van der Waals surface area (Å²) in [6.45, 7) is 1.15. The van der Waals surface area contributed by atoms with E-state index in [0.717, 1.165) is 68.9 Å². The van der Waals surface area contributed by atoms with Gasteiger partial charge in [0.15, 0.2) is 32.2 Å². The standard InChI is InChI=1S/C69H102N14O24/c84-54(70-29-14-11-16-48(62(98)99)73-67(106)75-50(64(102)103)25-27-56(86)87)19-9-5-2-1-4-8-18-52-77-53(79-66(78-52)72-31-13-7-3-6-10-20-55(85)71-30-15-12-17-49(63(100)101)74-68(107)76-51(65(104)105)26-28-57(88)89)39-46-23-21-45(22-24-46)38-47-40-82(43-60(94)95)35-34-80(41-58(90)91)32-33-81(42-59(92)93)36-37-83(47,44-61(96)97)69(80,81)82/h21-24,47-51H,1-20,25-44H2,(H13-4,70,71,72,73,74,75,76,77,78,79,84,85,86,87,88,89,90,91,92,93,94,95,96,97,98,99,100,101,102,103,104,105,106,107)/p+4/t47?,48-,49-,50-,51-,69?,80?,81-,82+,83+/m0/s1. The average molecular weight is 1520 g/mol. The van der Waals surface area contributed by atoms with Crippen molar-refractivity contribution in [2.24, 2.45) is 0 Å². The summed E-state index contributed by atoms with van der Waals surface area (Å²) in [5.74, 6) is -13.0. The second-order valence-corrected chi connectivity index (χ2v) is 28.6. The first-order chi connectivity index (χ1) is 50.8. The molecule has 0 aliphatic carbocycles. The fourth-order valence-electron chi connectivity index (χ4n) is 16.7. The number of amides is 6. The molecule has 4 aliphatic rings.